The zero-order valence-electron chi connectivity index (χ0n) is 24.2. The number of rotatable bonds is 18. The van der Waals surface area contributed by atoms with E-state index < -0.39 is 0 Å². The lowest BCUT2D eigenvalue weighted by atomic mass is 10.0. The molecule has 0 spiro atoms. The summed E-state index contributed by atoms with van der Waals surface area (Å²) in [5, 5.41) is 0. The van der Waals surface area contributed by atoms with Crippen LogP contribution < -0.4 is 4.74 Å². The van der Waals surface area contributed by atoms with Crippen molar-refractivity contribution in [3.63, 3.8) is 0 Å². The van der Waals surface area contributed by atoms with Crippen molar-refractivity contribution in [3.8, 4) is 28.3 Å². The van der Waals surface area contributed by atoms with Crippen LogP contribution in [0.15, 0.2) is 60.9 Å². The highest BCUT2D eigenvalue weighted by atomic mass is 16.5. The maximum Gasteiger partial charge on any atom is 0.308 e. The van der Waals surface area contributed by atoms with Gasteiger partial charge in [-0.1, -0.05) is 121 Å². The summed E-state index contributed by atoms with van der Waals surface area (Å²) in [5.41, 5.74) is 4.42. The van der Waals surface area contributed by atoms with E-state index in [-0.39, 0.29) is 11.9 Å². The molecule has 0 saturated heterocycles. The van der Waals surface area contributed by atoms with Crippen LogP contribution in [0.5, 0.6) is 5.75 Å². The van der Waals surface area contributed by atoms with Gasteiger partial charge in [-0.25, -0.2) is 9.97 Å². The molecule has 0 radical (unpaired) electrons. The Bertz CT molecular complexity index is 1080. The van der Waals surface area contributed by atoms with E-state index in [1.807, 2.05) is 6.92 Å². The van der Waals surface area contributed by atoms with Gasteiger partial charge in [0.1, 0.15) is 0 Å². The van der Waals surface area contributed by atoms with Crippen molar-refractivity contribution in [3.05, 3.63) is 66.5 Å². The Balaban J connectivity index is 1.42. The number of carbonyl (C=O) groups excluding carboxylic acids is 1. The molecule has 1 unspecified atom stereocenters. The second kappa shape index (κ2) is 17.4. The normalized spacial score (nSPS) is 11.8. The molecule has 0 aliphatic heterocycles. The average Bonchev–Trinajstić information content (AvgIpc) is 2.98. The lowest BCUT2D eigenvalue weighted by molar-refractivity contribution is -0.148. The molecule has 3 aromatic rings. The zero-order chi connectivity index (χ0) is 27.7. The lowest BCUT2D eigenvalue weighted by Crippen LogP contribution is -2.16. The number of unbranched alkanes of at least 4 members (excludes halogenated alkanes) is 7. The van der Waals surface area contributed by atoms with Crippen LogP contribution in [-0.2, 0) is 16.0 Å². The van der Waals surface area contributed by atoms with Crippen molar-refractivity contribution in [2.24, 2.45) is 5.92 Å². The molecule has 1 aromatic heterocycles. The first-order valence-electron chi connectivity index (χ1n) is 14.9. The third-order valence-electron chi connectivity index (χ3n) is 7.10. The summed E-state index contributed by atoms with van der Waals surface area (Å²) in [4.78, 5) is 21.2. The maximum absolute atomic E-state index is 12.2. The van der Waals surface area contributed by atoms with Crippen LogP contribution in [0.3, 0.4) is 0 Å². The molecule has 1 atom stereocenters. The minimum Gasteiger partial charge on any atom is -0.490 e. The average molecular weight is 531 g/mol. The number of nitrogens with zero attached hydrogens (tertiary/aromatic N) is 2. The van der Waals surface area contributed by atoms with Gasteiger partial charge in [-0.15, -0.1) is 0 Å². The number of hydrogen-bond donors (Lipinski definition) is 0. The standard InChI is InChI=1S/C34H46N2O3/c1-4-6-8-10-12-23-38-32-25-35-33(36-26-32)31-20-18-30(19-21-31)29-16-14-28(15-17-29)22-24-39-34(37)27(3)13-11-9-7-5-2/h14-21,25-27H,4-13,22-24H2,1-3H3. The van der Waals surface area contributed by atoms with Gasteiger partial charge in [0.25, 0.3) is 0 Å². The van der Waals surface area contributed by atoms with Crippen molar-refractivity contribution in [1.29, 1.82) is 0 Å². The minimum atomic E-state index is -0.0767. The summed E-state index contributed by atoms with van der Waals surface area (Å²) < 4.78 is 11.3. The highest BCUT2D eigenvalue weighted by molar-refractivity contribution is 5.72. The van der Waals surface area contributed by atoms with Gasteiger partial charge in [-0.05, 0) is 29.5 Å². The molecular formula is C34H46N2O3. The van der Waals surface area contributed by atoms with Crippen molar-refractivity contribution in [2.45, 2.75) is 91.4 Å². The molecule has 39 heavy (non-hydrogen) atoms. The van der Waals surface area contributed by atoms with Gasteiger partial charge < -0.3 is 9.47 Å². The van der Waals surface area contributed by atoms with E-state index in [1.54, 1.807) is 12.4 Å². The first kappa shape index (κ1) is 30.3. The van der Waals surface area contributed by atoms with E-state index >= 15 is 0 Å². The largest absolute Gasteiger partial charge is 0.490 e. The summed E-state index contributed by atoms with van der Waals surface area (Å²) >= 11 is 0. The SMILES string of the molecule is CCCCCCCOc1cnc(-c2ccc(-c3ccc(CCOC(=O)C(C)CCCCCC)cc3)cc2)nc1. The first-order valence-corrected chi connectivity index (χ1v) is 14.9. The van der Waals surface area contributed by atoms with Crippen molar-refractivity contribution in [1.82, 2.24) is 9.97 Å². The number of benzene rings is 2. The predicted octanol–water partition coefficient (Wildman–Crippen LogP) is 8.85. The summed E-state index contributed by atoms with van der Waals surface area (Å²) in [7, 11) is 0. The van der Waals surface area contributed by atoms with Gasteiger partial charge in [-0.3, -0.25) is 4.79 Å². The quantitative estimate of drug-likeness (QED) is 0.121. The molecule has 0 fully saturated rings. The van der Waals surface area contributed by atoms with Gasteiger partial charge in [0.05, 0.1) is 31.5 Å². The third-order valence-corrected chi connectivity index (χ3v) is 7.10. The molecule has 3 rings (SSSR count). The second-order valence-corrected chi connectivity index (χ2v) is 10.4. The van der Waals surface area contributed by atoms with E-state index in [0.29, 0.717) is 19.0 Å². The molecule has 2 aromatic carbocycles. The highest BCUT2D eigenvalue weighted by Gasteiger charge is 2.13. The molecule has 5 nitrogen and oxygen atoms in total. The second-order valence-electron chi connectivity index (χ2n) is 10.4. The van der Waals surface area contributed by atoms with Crippen LogP contribution in [0.4, 0.5) is 0 Å². The zero-order valence-corrected chi connectivity index (χ0v) is 24.2. The van der Waals surface area contributed by atoms with E-state index in [2.05, 4.69) is 72.3 Å². The van der Waals surface area contributed by atoms with Crippen molar-refractivity contribution < 1.29 is 14.3 Å². The highest BCUT2D eigenvalue weighted by Crippen LogP contribution is 2.24. The Hall–Kier alpha value is -3.21. The number of ether oxygens (including phenoxy) is 2. The van der Waals surface area contributed by atoms with Crippen LogP contribution >= 0.6 is 0 Å². The molecule has 5 heteroatoms. The minimum absolute atomic E-state index is 0.0195. The van der Waals surface area contributed by atoms with Gasteiger partial charge in [0, 0.05) is 12.0 Å². The Kier molecular flexibility index (Phi) is 13.5. The lowest BCUT2D eigenvalue weighted by Gasteiger charge is -2.11. The Labute approximate surface area is 235 Å². The van der Waals surface area contributed by atoms with Gasteiger partial charge in [0.15, 0.2) is 11.6 Å². The fourth-order valence-corrected chi connectivity index (χ4v) is 4.52. The van der Waals surface area contributed by atoms with E-state index in [0.717, 1.165) is 53.7 Å². The number of esters is 1. The maximum atomic E-state index is 12.2. The van der Waals surface area contributed by atoms with Crippen LogP contribution in [-0.4, -0.2) is 29.2 Å². The number of aromatic nitrogens is 2. The monoisotopic (exact) mass is 530 g/mol. The molecule has 1 heterocycles. The Morgan fingerprint density at radius 2 is 1.28 bits per heavy atom. The molecule has 0 amide bonds. The van der Waals surface area contributed by atoms with Crippen LogP contribution in [0.25, 0.3) is 22.5 Å². The van der Waals surface area contributed by atoms with Crippen LogP contribution in [0, 0.1) is 5.92 Å². The molecule has 0 bridgehead atoms. The predicted molar refractivity (Wildman–Crippen MR) is 160 cm³/mol. The van der Waals surface area contributed by atoms with Crippen LogP contribution in [0.2, 0.25) is 0 Å². The Morgan fingerprint density at radius 3 is 1.92 bits per heavy atom. The number of carbonyl (C=O) groups is 1. The number of hydrogen-bond acceptors (Lipinski definition) is 5. The molecule has 0 N–H and O–H groups in total. The molecule has 0 aliphatic carbocycles. The summed E-state index contributed by atoms with van der Waals surface area (Å²) in [6.45, 7) is 7.53. The fraction of sp³-hybridized carbons (Fsp3) is 0.500. The first-order chi connectivity index (χ1) is 19.1. The van der Waals surface area contributed by atoms with Crippen molar-refractivity contribution >= 4 is 5.97 Å². The van der Waals surface area contributed by atoms with Gasteiger partial charge in [-0.2, -0.15) is 0 Å². The molecule has 210 valence electrons. The third kappa shape index (κ3) is 10.8. The summed E-state index contributed by atoms with van der Waals surface area (Å²) in [6, 6.07) is 16.7. The van der Waals surface area contributed by atoms with E-state index in [4.69, 9.17) is 9.47 Å². The van der Waals surface area contributed by atoms with Gasteiger partial charge in [0.2, 0.25) is 0 Å². The molecule has 0 saturated carbocycles. The topological polar surface area (TPSA) is 61.3 Å². The smallest absolute Gasteiger partial charge is 0.308 e. The van der Waals surface area contributed by atoms with Crippen LogP contribution in [0.1, 0.15) is 90.5 Å². The van der Waals surface area contributed by atoms with E-state index in [9.17, 15) is 4.79 Å². The summed E-state index contributed by atoms with van der Waals surface area (Å²) in [5.74, 6) is 1.32. The Morgan fingerprint density at radius 1 is 0.718 bits per heavy atom. The molecule has 0 aliphatic rings. The van der Waals surface area contributed by atoms with E-state index in [1.165, 1.54) is 44.9 Å². The summed E-state index contributed by atoms with van der Waals surface area (Å²) in [6.07, 6.45) is 16.0. The van der Waals surface area contributed by atoms with Gasteiger partial charge >= 0.3 is 5.97 Å². The van der Waals surface area contributed by atoms with Crippen molar-refractivity contribution in [2.75, 3.05) is 13.2 Å². The molecular weight excluding hydrogens is 484 g/mol. The fourth-order valence-electron chi connectivity index (χ4n) is 4.52.